The third-order valence-corrected chi connectivity index (χ3v) is 5.79. The van der Waals surface area contributed by atoms with Crippen LogP contribution in [0, 0.1) is 6.92 Å². The van der Waals surface area contributed by atoms with E-state index < -0.39 is 41.2 Å². The molecule has 2 heterocycles. The van der Waals surface area contributed by atoms with Crippen LogP contribution in [0.15, 0.2) is 46.1 Å². The van der Waals surface area contributed by atoms with Crippen molar-refractivity contribution in [3.63, 3.8) is 0 Å². The van der Waals surface area contributed by atoms with Crippen molar-refractivity contribution in [3.8, 4) is 0 Å². The molecule has 1 aromatic carbocycles. The predicted octanol–water partition coefficient (Wildman–Crippen LogP) is 1.54. The standard InChI is InChI=1S/C25H36N4O6/c1-16-14-29(24(32)26-22(16)30)21-13-19(28(5)6)20(34-21)15-33-23(31)18(27-35-25(2,3)4)12-17-10-8-7-9-11-17/h7-11,14,18-21,27H,12-13,15H2,1-6H3,(H,26,30,32)/t18-,19-,20+,21+/m0/s1. The van der Waals surface area contributed by atoms with Crippen LogP contribution in [0.2, 0.25) is 0 Å². The molecule has 35 heavy (non-hydrogen) atoms. The molecule has 0 unspecified atom stereocenters. The number of esters is 1. The second-order valence-electron chi connectivity index (χ2n) is 10.1. The number of benzene rings is 1. The van der Waals surface area contributed by atoms with E-state index in [2.05, 4.69) is 10.5 Å². The minimum absolute atomic E-state index is 0.0117. The molecule has 2 aromatic rings. The lowest BCUT2D eigenvalue weighted by molar-refractivity contribution is -0.161. The number of aryl methyl sites for hydroxylation is 1. The molecule has 0 bridgehead atoms. The second kappa shape index (κ2) is 11.3. The molecule has 1 saturated heterocycles. The number of rotatable bonds is 9. The van der Waals surface area contributed by atoms with Crippen LogP contribution < -0.4 is 16.7 Å². The van der Waals surface area contributed by atoms with E-state index in [9.17, 15) is 14.4 Å². The Bertz CT molecular complexity index is 1110. The molecular weight excluding hydrogens is 452 g/mol. The van der Waals surface area contributed by atoms with Gasteiger partial charge in [-0.15, -0.1) is 0 Å². The average Bonchev–Trinajstić information content (AvgIpc) is 3.22. The van der Waals surface area contributed by atoms with Crippen LogP contribution in [0.4, 0.5) is 0 Å². The van der Waals surface area contributed by atoms with Crippen LogP contribution in [-0.2, 0) is 25.5 Å². The maximum Gasteiger partial charge on any atom is 0.330 e. The summed E-state index contributed by atoms with van der Waals surface area (Å²) < 4.78 is 13.2. The number of hydrogen-bond donors (Lipinski definition) is 2. The summed E-state index contributed by atoms with van der Waals surface area (Å²) in [6.07, 6.45) is 1.35. The Morgan fingerprint density at radius 1 is 1.26 bits per heavy atom. The van der Waals surface area contributed by atoms with Crippen LogP contribution in [0.5, 0.6) is 0 Å². The number of hydroxylamine groups is 1. The SMILES string of the molecule is Cc1cn([C@H]2C[C@H](N(C)C)[C@@H](COC(=O)[C@H](Cc3ccccc3)NOC(C)(C)C)O2)c(=O)[nH]c1=O. The van der Waals surface area contributed by atoms with E-state index in [4.69, 9.17) is 14.3 Å². The number of likely N-dealkylation sites (N-methyl/N-ethyl adjacent to an activating group) is 1. The molecule has 10 nitrogen and oxygen atoms in total. The van der Waals surface area contributed by atoms with E-state index >= 15 is 0 Å². The van der Waals surface area contributed by atoms with Crippen molar-refractivity contribution >= 4 is 5.97 Å². The molecule has 0 amide bonds. The fourth-order valence-electron chi connectivity index (χ4n) is 3.91. The first-order valence-electron chi connectivity index (χ1n) is 11.7. The Hall–Kier alpha value is -2.79. The Kier molecular flexibility index (Phi) is 8.65. The summed E-state index contributed by atoms with van der Waals surface area (Å²) in [6, 6.07) is 8.81. The van der Waals surface area contributed by atoms with Gasteiger partial charge in [-0.3, -0.25) is 24.0 Å². The van der Waals surface area contributed by atoms with Crippen molar-refractivity contribution in [1.82, 2.24) is 19.9 Å². The van der Waals surface area contributed by atoms with Gasteiger partial charge in [-0.05, 0) is 47.4 Å². The van der Waals surface area contributed by atoms with Crippen molar-refractivity contribution in [2.45, 2.75) is 70.6 Å². The summed E-state index contributed by atoms with van der Waals surface area (Å²) in [7, 11) is 3.81. The number of H-pyrrole nitrogens is 1. The lowest BCUT2D eigenvalue weighted by Gasteiger charge is -2.26. The predicted molar refractivity (Wildman–Crippen MR) is 131 cm³/mol. The third-order valence-electron chi connectivity index (χ3n) is 5.79. The van der Waals surface area contributed by atoms with E-state index in [1.54, 1.807) is 6.92 Å². The molecule has 0 radical (unpaired) electrons. The average molecular weight is 489 g/mol. The van der Waals surface area contributed by atoms with Crippen LogP contribution in [0.25, 0.3) is 0 Å². The highest BCUT2D eigenvalue weighted by molar-refractivity contribution is 5.76. The normalized spacial score (nSPS) is 21.3. The Morgan fingerprint density at radius 3 is 2.57 bits per heavy atom. The molecule has 10 heteroatoms. The molecule has 192 valence electrons. The Labute approximate surface area is 205 Å². The lowest BCUT2D eigenvalue weighted by atomic mass is 10.1. The number of aromatic nitrogens is 2. The number of nitrogens with one attached hydrogen (secondary N) is 2. The molecule has 2 N–H and O–H groups in total. The first-order valence-corrected chi connectivity index (χ1v) is 11.7. The van der Waals surface area contributed by atoms with Gasteiger partial charge < -0.3 is 14.4 Å². The highest BCUT2D eigenvalue weighted by Crippen LogP contribution is 2.30. The van der Waals surface area contributed by atoms with E-state index in [-0.39, 0.29) is 12.6 Å². The van der Waals surface area contributed by atoms with Gasteiger partial charge in [0.15, 0.2) is 0 Å². The van der Waals surface area contributed by atoms with Crippen LogP contribution in [0.1, 0.15) is 44.5 Å². The summed E-state index contributed by atoms with van der Waals surface area (Å²) >= 11 is 0. The van der Waals surface area contributed by atoms with Gasteiger partial charge in [-0.1, -0.05) is 30.3 Å². The molecule has 1 aliphatic rings. The molecule has 4 atom stereocenters. The van der Waals surface area contributed by atoms with E-state index in [1.807, 2.05) is 70.1 Å². The van der Waals surface area contributed by atoms with Crippen molar-refractivity contribution < 1.29 is 19.1 Å². The van der Waals surface area contributed by atoms with Gasteiger partial charge in [-0.2, -0.15) is 5.48 Å². The summed E-state index contributed by atoms with van der Waals surface area (Å²) in [5.41, 5.74) is 2.80. The van der Waals surface area contributed by atoms with Gasteiger partial charge in [-0.25, -0.2) is 4.79 Å². The van der Waals surface area contributed by atoms with Crippen LogP contribution in [0.3, 0.4) is 0 Å². The molecule has 1 fully saturated rings. The molecular formula is C25H36N4O6. The van der Waals surface area contributed by atoms with Crippen LogP contribution >= 0.6 is 0 Å². The van der Waals surface area contributed by atoms with Gasteiger partial charge >= 0.3 is 11.7 Å². The minimum Gasteiger partial charge on any atom is -0.462 e. The molecule has 0 aliphatic carbocycles. The van der Waals surface area contributed by atoms with Crippen LogP contribution in [-0.4, -0.2) is 64.9 Å². The van der Waals surface area contributed by atoms with Gasteiger partial charge in [0.05, 0.1) is 5.60 Å². The number of aromatic amines is 1. The maximum atomic E-state index is 13.1. The van der Waals surface area contributed by atoms with Gasteiger partial charge in [0, 0.05) is 30.6 Å². The summed E-state index contributed by atoms with van der Waals surface area (Å²) in [5.74, 6) is -0.459. The summed E-state index contributed by atoms with van der Waals surface area (Å²) in [4.78, 5) is 47.1. The quantitative estimate of drug-likeness (QED) is 0.404. The highest BCUT2D eigenvalue weighted by atomic mass is 16.7. The molecule has 0 spiro atoms. The zero-order valence-corrected chi connectivity index (χ0v) is 21.2. The Balaban J connectivity index is 1.70. The molecule has 1 aliphatic heterocycles. The van der Waals surface area contributed by atoms with E-state index in [0.29, 0.717) is 18.4 Å². The number of nitrogens with zero attached hydrogens (tertiary/aromatic N) is 2. The smallest absolute Gasteiger partial charge is 0.330 e. The van der Waals surface area contributed by atoms with Crippen molar-refractivity contribution in [2.75, 3.05) is 20.7 Å². The fraction of sp³-hybridized carbons (Fsp3) is 0.560. The second-order valence-corrected chi connectivity index (χ2v) is 10.1. The van der Waals surface area contributed by atoms with Crippen molar-refractivity contribution in [1.29, 1.82) is 0 Å². The number of carbonyl (C=O) groups excluding carboxylic acids is 1. The van der Waals surface area contributed by atoms with Gasteiger partial charge in [0.1, 0.15) is 25.0 Å². The van der Waals surface area contributed by atoms with E-state index in [1.165, 1.54) is 10.8 Å². The number of hydrogen-bond acceptors (Lipinski definition) is 8. The zero-order valence-electron chi connectivity index (χ0n) is 21.2. The largest absolute Gasteiger partial charge is 0.462 e. The van der Waals surface area contributed by atoms with Gasteiger partial charge in [0.25, 0.3) is 5.56 Å². The van der Waals surface area contributed by atoms with Crippen molar-refractivity contribution in [3.05, 3.63) is 68.5 Å². The number of ether oxygens (including phenoxy) is 2. The first kappa shape index (κ1) is 26.8. The maximum absolute atomic E-state index is 13.1. The number of carbonyl (C=O) groups is 1. The summed E-state index contributed by atoms with van der Waals surface area (Å²) in [6.45, 7) is 7.31. The lowest BCUT2D eigenvalue weighted by Crippen LogP contribution is -2.45. The minimum atomic E-state index is -0.712. The zero-order chi connectivity index (χ0) is 25.8. The highest BCUT2D eigenvalue weighted by Gasteiger charge is 2.39. The van der Waals surface area contributed by atoms with Crippen molar-refractivity contribution in [2.24, 2.45) is 0 Å². The molecule has 3 rings (SSSR count). The van der Waals surface area contributed by atoms with Gasteiger partial charge in [0.2, 0.25) is 0 Å². The third kappa shape index (κ3) is 7.35. The summed E-state index contributed by atoms with van der Waals surface area (Å²) in [5, 5.41) is 0. The monoisotopic (exact) mass is 488 g/mol. The fourth-order valence-corrected chi connectivity index (χ4v) is 3.91. The Morgan fingerprint density at radius 2 is 1.94 bits per heavy atom. The topological polar surface area (TPSA) is 115 Å². The first-order chi connectivity index (χ1) is 16.4. The van der Waals surface area contributed by atoms with E-state index in [0.717, 1.165) is 5.56 Å². The molecule has 1 aromatic heterocycles. The molecule has 0 saturated carbocycles.